The van der Waals surface area contributed by atoms with E-state index < -0.39 is 4.92 Å². The van der Waals surface area contributed by atoms with Gasteiger partial charge in [-0.25, -0.2) is 4.39 Å². The predicted molar refractivity (Wildman–Crippen MR) is 53.2 cm³/mol. The zero-order valence-electron chi connectivity index (χ0n) is 7.28. The molecule has 0 aliphatic carbocycles. The van der Waals surface area contributed by atoms with Crippen molar-refractivity contribution in [1.29, 1.82) is 0 Å². The lowest BCUT2D eigenvalue weighted by Gasteiger charge is -1.93. The predicted octanol–water partition coefficient (Wildman–Crippen LogP) is 3.26. The third-order valence-electron chi connectivity index (χ3n) is 1.93. The van der Waals surface area contributed by atoms with Gasteiger partial charge in [-0.15, -0.1) is 0 Å². The van der Waals surface area contributed by atoms with Crippen molar-refractivity contribution in [1.82, 2.24) is 0 Å². The minimum atomic E-state index is -0.456. The minimum Gasteiger partial charge on any atom is -0.258 e. The van der Waals surface area contributed by atoms with Crippen LogP contribution in [0.3, 0.4) is 0 Å². The number of fused-ring (bicyclic) bond motifs is 1. The van der Waals surface area contributed by atoms with Crippen LogP contribution in [0.25, 0.3) is 10.1 Å². The summed E-state index contributed by atoms with van der Waals surface area (Å²) in [6, 6.07) is 4.09. The normalized spacial score (nSPS) is 10.7. The van der Waals surface area contributed by atoms with Crippen molar-refractivity contribution in [2.45, 2.75) is 6.92 Å². The number of aryl methyl sites for hydroxylation is 1. The monoisotopic (exact) mass is 211 g/mol. The van der Waals surface area contributed by atoms with Crippen molar-refractivity contribution in [2.24, 2.45) is 0 Å². The van der Waals surface area contributed by atoms with Crippen molar-refractivity contribution in [2.75, 3.05) is 0 Å². The fourth-order valence-electron chi connectivity index (χ4n) is 1.36. The number of nitro groups is 1. The summed E-state index contributed by atoms with van der Waals surface area (Å²) in [6.07, 6.45) is 0. The number of halogens is 1. The molecular weight excluding hydrogens is 205 g/mol. The molecule has 0 N–H and O–H groups in total. The molecule has 0 unspecified atom stereocenters. The Balaban J connectivity index is 2.76. The molecule has 1 aromatic carbocycles. The van der Waals surface area contributed by atoms with E-state index in [0.29, 0.717) is 5.39 Å². The molecule has 2 rings (SSSR count). The maximum Gasteiger partial charge on any atom is 0.325 e. The highest BCUT2D eigenvalue weighted by Gasteiger charge is 2.13. The first-order valence-electron chi connectivity index (χ1n) is 3.92. The average Bonchev–Trinajstić information content (AvgIpc) is 2.47. The topological polar surface area (TPSA) is 43.1 Å². The van der Waals surface area contributed by atoms with Crippen LogP contribution in [0.4, 0.5) is 9.39 Å². The van der Waals surface area contributed by atoms with E-state index in [1.807, 2.05) is 0 Å². The molecule has 0 spiro atoms. The molecule has 0 saturated heterocycles. The quantitative estimate of drug-likeness (QED) is 0.536. The molecule has 2 aromatic rings. The van der Waals surface area contributed by atoms with Crippen molar-refractivity contribution in [3.63, 3.8) is 0 Å². The highest BCUT2D eigenvalue weighted by atomic mass is 32.1. The summed E-state index contributed by atoms with van der Waals surface area (Å²) in [5, 5.41) is 11.1. The van der Waals surface area contributed by atoms with Crippen molar-refractivity contribution in [3.8, 4) is 0 Å². The largest absolute Gasteiger partial charge is 0.325 e. The van der Waals surface area contributed by atoms with Gasteiger partial charge in [0.15, 0.2) is 0 Å². The van der Waals surface area contributed by atoms with Crippen LogP contribution in [0.5, 0.6) is 0 Å². The average molecular weight is 211 g/mol. The first-order valence-corrected chi connectivity index (χ1v) is 4.73. The smallest absolute Gasteiger partial charge is 0.258 e. The summed E-state index contributed by atoms with van der Waals surface area (Å²) in [5.41, 5.74) is 0.734. The van der Waals surface area contributed by atoms with Gasteiger partial charge < -0.3 is 0 Å². The standard InChI is InChI=1S/C9H6FNO2S/c1-5-2-7(10)3-6-4-8(11(12)13)14-9(5)6/h2-4H,1H3. The molecule has 0 radical (unpaired) electrons. The Morgan fingerprint density at radius 3 is 2.79 bits per heavy atom. The third-order valence-corrected chi connectivity index (χ3v) is 3.17. The van der Waals surface area contributed by atoms with E-state index in [0.717, 1.165) is 21.6 Å². The summed E-state index contributed by atoms with van der Waals surface area (Å²) >= 11 is 1.07. The Bertz CT molecular complexity index is 521. The van der Waals surface area contributed by atoms with Gasteiger partial charge in [0.2, 0.25) is 0 Å². The van der Waals surface area contributed by atoms with Crippen molar-refractivity contribution >= 4 is 26.4 Å². The maximum atomic E-state index is 12.9. The Morgan fingerprint density at radius 2 is 2.14 bits per heavy atom. The molecule has 0 bridgehead atoms. The molecule has 0 fully saturated rings. The Labute approximate surface area is 82.9 Å². The molecule has 5 heteroatoms. The Kier molecular flexibility index (Phi) is 1.96. The lowest BCUT2D eigenvalue weighted by atomic mass is 10.2. The van der Waals surface area contributed by atoms with Crippen LogP contribution in [0, 0.1) is 22.9 Å². The number of hydrogen-bond donors (Lipinski definition) is 0. The van der Waals surface area contributed by atoms with E-state index in [1.54, 1.807) is 6.92 Å². The molecule has 3 nitrogen and oxygen atoms in total. The Hall–Kier alpha value is -1.49. The number of thiophene rings is 1. The highest BCUT2D eigenvalue weighted by Crippen LogP contribution is 2.33. The molecule has 0 aliphatic rings. The number of rotatable bonds is 1. The summed E-state index contributed by atoms with van der Waals surface area (Å²) in [6.45, 7) is 1.74. The first kappa shape index (κ1) is 9.08. The van der Waals surface area contributed by atoms with Gasteiger partial charge in [-0.2, -0.15) is 0 Å². The van der Waals surface area contributed by atoms with Crippen LogP contribution in [0.1, 0.15) is 5.56 Å². The molecule has 14 heavy (non-hydrogen) atoms. The summed E-state index contributed by atoms with van der Waals surface area (Å²) in [4.78, 5) is 10.0. The van der Waals surface area contributed by atoms with Crippen molar-refractivity contribution < 1.29 is 9.31 Å². The van der Waals surface area contributed by atoms with Gasteiger partial charge in [-0.1, -0.05) is 11.3 Å². The second-order valence-corrected chi connectivity index (χ2v) is 4.01. The zero-order valence-corrected chi connectivity index (χ0v) is 8.10. The van der Waals surface area contributed by atoms with E-state index in [-0.39, 0.29) is 10.8 Å². The molecule has 0 aliphatic heterocycles. The van der Waals surface area contributed by atoms with Crippen LogP contribution in [-0.4, -0.2) is 4.92 Å². The lowest BCUT2D eigenvalue weighted by molar-refractivity contribution is -0.380. The molecular formula is C9H6FNO2S. The van der Waals surface area contributed by atoms with Gasteiger partial charge in [0, 0.05) is 16.2 Å². The van der Waals surface area contributed by atoms with Gasteiger partial charge in [-0.05, 0) is 24.6 Å². The van der Waals surface area contributed by atoms with E-state index in [1.165, 1.54) is 18.2 Å². The van der Waals surface area contributed by atoms with Gasteiger partial charge in [-0.3, -0.25) is 10.1 Å². The maximum absolute atomic E-state index is 12.9. The summed E-state index contributed by atoms with van der Waals surface area (Å²) in [5.74, 6) is -0.359. The second-order valence-electron chi connectivity index (χ2n) is 2.98. The molecule has 0 amide bonds. The van der Waals surface area contributed by atoms with E-state index in [9.17, 15) is 14.5 Å². The van der Waals surface area contributed by atoms with Gasteiger partial charge in [0.1, 0.15) is 5.82 Å². The van der Waals surface area contributed by atoms with Gasteiger partial charge in [0.05, 0.1) is 4.92 Å². The number of benzene rings is 1. The van der Waals surface area contributed by atoms with E-state index in [2.05, 4.69) is 0 Å². The van der Waals surface area contributed by atoms with Gasteiger partial charge >= 0.3 is 5.00 Å². The highest BCUT2D eigenvalue weighted by molar-refractivity contribution is 7.22. The summed E-state index contributed by atoms with van der Waals surface area (Å²) < 4.78 is 13.7. The summed E-state index contributed by atoms with van der Waals surface area (Å²) in [7, 11) is 0. The van der Waals surface area contributed by atoms with Crippen LogP contribution >= 0.6 is 11.3 Å². The fourth-order valence-corrected chi connectivity index (χ4v) is 2.28. The van der Waals surface area contributed by atoms with Crippen LogP contribution < -0.4 is 0 Å². The molecule has 1 aromatic heterocycles. The fraction of sp³-hybridized carbons (Fsp3) is 0.111. The number of nitrogens with zero attached hydrogens (tertiary/aromatic N) is 1. The number of hydrogen-bond acceptors (Lipinski definition) is 3. The van der Waals surface area contributed by atoms with Crippen LogP contribution in [0.15, 0.2) is 18.2 Å². The lowest BCUT2D eigenvalue weighted by Crippen LogP contribution is -1.80. The molecule has 72 valence electrons. The first-order chi connectivity index (χ1) is 6.58. The molecule has 0 atom stereocenters. The van der Waals surface area contributed by atoms with Crippen LogP contribution in [-0.2, 0) is 0 Å². The van der Waals surface area contributed by atoms with E-state index in [4.69, 9.17) is 0 Å². The van der Waals surface area contributed by atoms with Gasteiger partial charge in [0.25, 0.3) is 0 Å². The Morgan fingerprint density at radius 1 is 1.43 bits per heavy atom. The molecule has 0 saturated carbocycles. The van der Waals surface area contributed by atoms with Crippen molar-refractivity contribution in [3.05, 3.63) is 39.7 Å². The minimum absolute atomic E-state index is 0.0497. The SMILES string of the molecule is Cc1cc(F)cc2cc([N+](=O)[O-])sc12. The third kappa shape index (κ3) is 1.35. The van der Waals surface area contributed by atoms with Crippen LogP contribution in [0.2, 0.25) is 0 Å². The van der Waals surface area contributed by atoms with E-state index >= 15 is 0 Å². The second kappa shape index (κ2) is 3.02. The molecule has 1 heterocycles. The zero-order chi connectivity index (χ0) is 10.3.